The van der Waals surface area contributed by atoms with E-state index in [2.05, 4.69) is 40.0 Å². The van der Waals surface area contributed by atoms with Crippen LogP contribution in [0.25, 0.3) is 0 Å². The number of hydrogen-bond acceptors (Lipinski definition) is 4. The molecule has 0 fully saturated rings. The topological polar surface area (TPSA) is 58.4 Å². The van der Waals surface area contributed by atoms with Gasteiger partial charge in [0.1, 0.15) is 11.5 Å². The Hall–Kier alpha value is -1.21. The van der Waals surface area contributed by atoms with E-state index in [4.69, 9.17) is 0 Å². The van der Waals surface area contributed by atoms with Gasteiger partial charge in [-0.25, -0.2) is 4.39 Å². The molecule has 20 heavy (non-hydrogen) atoms. The van der Waals surface area contributed by atoms with Crippen LogP contribution in [-0.2, 0) is 0 Å². The molecule has 0 unspecified atom stereocenters. The van der Waals surface area contributed by atoms with Crippen molar-refractivity contribution in [2.75, 3.05) is 31.5 Å². The molecule has 0 aliphatic rings. The summed E-state index contributed by atoms with van der Waals surface area (Å²) in [6.45, 7) is 7.70. The third-order valence-corrected chi connectivity index (χ3v) is 3.70. The van der Waals surface area contributed by atoms with Crippen LogP contribution in [0, 0.1) is 15.9 Å². The molecule has 0 spiro atoms. The fourth-order valence-corrected chi connectivity index (χ4v) is 2.24. The van der Waals surface area contributed by atoms with Gasteiger partial charge in [-0.05, 0) is 48.1 Å². The zero-order valence-corrected chi connectivity index (χ0v) is 13.2. The van der Waals surface area contributed by atoms with Crippen LogP contribution in [0.4, 0.5) is 15.8 Å². The Bertz CT molecular complexity index is 467. The maximum Gasteiger partial charge on any atom is 0.295 e. The number of nitro benzene ring substituents is 1. The van der Waals surface area contributed by atoms with E-state index in [-0.39, 0.29) is 10.2 Å². The van der Waals surface area contributed by atoms with Gasteiger partial charge in [0.25, 0.3) is 5.69 Å². The second-order valence-electron chi connectivity index (χ2n) is 4.35. The van der Waals surface area contributed by atoms with Gasteiger partial charge in [0.15, 0.2) is 0 Å². The van der Waals surface area contributed by atoms with Gasteiger partial charge in [-0.15, -0.1) is 0 Å². The molecule has 0 atom stereocenters. The Balaban J connectivity index is 2.63. The van der Waals surface area contributed by atoms with Gasteiger partial charge in [0.05, 0.1) is 15.5 Å². The molecular weight excluding hydrogens is 329 g/mol. The number of nitro groups is 1. The Morgan fingerprint density at radius 3 is 2.60 bits per heavy atom. The summed E-state index contributed by atoms with van der Waals surface area (Å²) in [5, 5.41) is 13.9. The molecule has 0 saturated carbocycles. The van der Waals surface area contributed by atoms with E-state index in [9.17, 15) is 14.5 Å². The molecule has 1 rings (SSSR count). The highest BCUT2D eigenvalue weighted by molar-refractivity contribution is 9.10. The predicted octanol–water partition coefficient (Wildman–Crippen LogP) is 3.64. The highest BCUT2D eigenvalue weighted by Gasteiger charge is 2.17. The van der Waals surface area contributed by atoms with E-state index in [1.54, 1.807) is 0 Å². The van der Waals surface area contributed by atoms with Gasteiger partial charge in [0.2, 0.25) is 0 Å². The van der Waals surface area contributed by atoms with Crippen LogP contribution in [0.1, 0.15) is 20.3 Å². The van der Waals surface area contributed by atoms with Gasteiger partial charge in [-0.2, -0.15) is 0 Å². The first kappa shape index (κ1) is 16.8. The molecule has 1 aromatic rings. The standard InChI is InChI=1S/C13H19BrFN3O2/c1-3-17(4-2)7-5-6-16-12-8-10(14)11(15)9-13(12)18(19)20/h8-9,16H,3-7H2,1-2H3. The van der Waals surface area contributed by atoms with Crippen LogP contribution in [-0.4, -0.2) is 36.0 Å². The average Bonchev–Trinajstić information content (AvgIpc) is 2.42. The third kappa shape index (κ3) is 4.72. The lowest BCUT2D eigenvalue weighted by atomic mass is 10.2. The summed E-state index contributed by atoms with van der Waals surface area (Å²) in [5.41, 5.74) is 0.0939. The van der Waals surface area contributed by atoms with Crippen molar-refractivity contribution in [3.8, 4) is 0 Å². The smallest absolute Gasteiger partial charge is 0.295 e. The molecule has 1 N–H and O–H groups in total. The number of nitrogens with one attached hydrogen (secondary N) is 1. The fourth-order valence-electron chi connectivity index (χ4n) is 1.89. The molecule has 0 amide bonds. The molecule has 5 nitrogen and oxygen atoms in total. The SMILES string of the molecule is CCN(CC)CCCNc1cc(Br)c(F)cc1[N+](=O)[O-]. The van der Waals surface area contributed by atoms with E-state index in [1.807, 2.05) is 0 Å². The van der Waals surface area contributed by atoms with Gasteiger partial charge in [-0.1, -0.05) is 13.8 Å². The second-order valence-corrected chi connectivity index (χ2v) is 5.20. The van der Waals surface area contributed by atoms with Crippen LogP contribution in [0.3, 0.4) is 0 Å². The molecule has 0 saturated heterocycles. The monoisotopic (exact) mass is 347 g/mol. The largest absolute Gasteiger partial charge is 0.379 e. The highest BCUT2D eigenvalue weighted by atomic mass is 79.9. The molecule has 1 aromatic carbocycles. The zero-order valence-electron chi connectivity index (χ0n) is 11.7. The van der Waals surface area contributed by atoms with Gasteiger partial charge in [0, 0.05) is 6.54 Å². The normalized spacial score (nSPS) is 10.8. The number of anilines is 1. The molecule has 112 valence electrons. The van der Waals surface area contributed by atoms with Crippen LogP contribution >= 0.6 is 15.9 Å². The number of halogens is 2. The molecule has 0 aliphatic heterocycles. The van der Waals surface area contributed by atoms with Crippen molar-refractivity contribution in [1.82, 2.24) is 4.90 Å². The van der Waals surface area contributed by atoms with Crippen molar-refractivity contribution in [2.24, 2.45) is 0 Å². The lowest BCUT2D eigenvalue weighted by molar-refractivity contribution is -0.384. The Morgan fingerprint density at radius 2 is 2.05 bits per heavy atom. The summed E-state index contributed by atoms with van der Waals surface area (Å²) in [7, 11) is 0. The maximum atomic E-state index is 13.3. The summed E-state index contributed by atoms with van der Waals surface area (Å²) in [6.07, 6.45) is 0.869. The molecule has 0 aliphatic carbocycles. The first-order chi connectivity index (χ1) is 9.49. The molecule has 0 bridgehead atoms. The van der Waals surface area contributed by atoms with E-state index in [1.165, 1.54) is 6.07 Å². The number of nitrogens with zero attached hydrogens (tertiary/aromatic N) is 2. The predicted molar refractivity (Wildman–Crippen MR) is 81.6 cm³/mol. The summed E-state index contributed by atoms with van der Waals surface area (Å²) in [5.74, 6) is -0.634. The van der Waals surface area contributed by atoms with Crippen molar-refractivity contribution in [2.45, 2.75) is 20.3 Å². The fraction of sp³-hybridized carbons (Fsp3) is 0.538. The van der Waals surface area contributed by atoms with Crippen molar-refractivity contribution in [3.63, 3.8) is 0 Å². The molecule has 7 heteroatoms. The Kier molecular flexibility index (Phi) is 6.87. The van der Waals surface area contributed by atoms with Crippen molar-refractivity contribution in [1.29, 1.82) is 0 Å². The van der Waals surface area contributed by atoms with E-state index in [0.29, 0.717) is 12.2 Å². The van der Waals surface area contributed by atoms with Crippen LogP contribution in [0.15, 0.2) is 16.6 Å². The van der Waals surface area contributed by atoms with Crippen LogP contribution in [0.5, 0.6) is 0 Å². The molecule has 0 radical (unpaired) electrons. The quantitative estimate of drug-likeness (QED) is 0.443. The van der Waals surface area contributed by atoms with E-state index >= 15 is 0 Å². The van der Waals surface area contributed by atoms with Gasteiger partial charge < -0.3 is 10.2 Å². The lowest BCUT2D eigenvalue weighted by Gasteiger charge is -2.18. The number of rotatable bonds is 8. The summed E-state index contributed by atoms with van der Waals surface area (Å²) >= 11 is 3.04. The lowest BCUT2D eigenvalue weighted by Crippen LogP contribution is -2.25. The Morgan fingerprint density at radius 1 is 1.40 bits per heavy atom. The summed E-state index contributed by atoms with van der Waals surface area (Å²) in [6, 6.07) is 2.34. The minimum atomic E-state index is -0.634. The zero-order chi connectivity index (χ0) is 15.1. The van der Waals surface area contributed by atoms with Crippen molar-refractivity contribution in [3.05, 3.63) is 32.5 Å². The highest BCUT2D eigenvalue weighted by Crippen LogP contribution is 2.30. The van der Waals surface area contributed by atoms with E-state index in [0.717, 1.165) is 32.1 Å². The van der Waals surface area contributed by atoms with Crippen LogP contribution in [0.2, 0.25) is 0 Å². The maximum absolute atomic E-state index is 13.3. The van der Waals surface area contributed by atoms with Crippen molar-refractivity contribution >= 4 is 27.3 Å². The minimum absolute atomic E-state index is 0.217. The van der Waals surface area contributed by atoms with Gasteiger partial charge >= 0.3 is 0 Å². The first-order valence-electron chi connectivity index (χ1n) is 6.59. The Labute approximate surface area is 126 Å². The first-order valence-corrected chi connectivity index (χ1v) is 7.38. The summed E-state index contributed by atoms with van der Waals surface area (Å²) < 4.78 is 13.5. The molecule has 0 aromatic heterocycles. The van der Waals surface area contributed by atoms with Crippen molar-refractivity contribution < 1.29 is 9.31 Å². The van der Waals surface area contributed by atoms with Crippen LogP contribution < -0.4 is 5.32 Å². The minimum Gasteiger partial charge on any atom is -0.379 e. The average molecular weight is 348 g/mol. The second kappa shape index (κ2) is 8.16. The third-order valence-electron chi connectivity index (χ3n) is 3.10. The number of hydrogen-bond donors (Lipinski definition) is 1. The van der Waals surface area contributed by atoms with Gasteiger partial charge in [-0.3, -0.25) is 10.1 Å². The summed E-state index contributed by atoms with van der Waals surface area (Å²) in [4.78, 5) is 12.6. The molecule has 0 heterocycles. The molecular formula is C13H19BrFN3O2. The number of benzene rings is 1. The van der Waals surface area contributed by atoms with E-state index < -0.39 is 10.7 Å².